The van der Waals surface area contributed by atoms with Crippen molar-refractivity contribution in [1.29, 1.82) is 0 Å². The van der Waals surface area contributed by atoms with Crippen molar-refractivity contribution >= 4 is 23.2 Å². The molecule has 0 radical (unpaired) electrons. The lowest BCUT2D eigenvalue weighted by molar-refractivity contribution is -0.920. The van der Waals surface area contributed by atoms with Crippen LogP contribution in [0.4, 0.5) is 0 Å². The predicted molar refractivity (Wildman–Crippen MR) is 164 cm³/mol. The molecule has 0 aromatic heterocycles. The highest BCUT2D eigenvalue weighted by Crippen LogP contribution is 2.41. The molecule has 38 heavy (non-hydrogen) atoms. The molecule has 2 nitrogen and oxygen atoms in total. The molecule has 3 aromatic rings. The molecule has 0 unspecified atom stereocenters. The molecule has 0 aliphatic rings. The number of halogens is 2. The highest BCUT2D eigenvalue weighted by atomic mass is 35.5. The van der Waals surface area contributed by atoms with Crippen molar-refractivity contribution in [3.8, 4) is 5.75 Å². The van der Waals surface area contributed by atoms with Crippen molar-refractivity contribution in [3.63, 3.8) is 0 Å². The number of quaternary nitrogens is 1. The lowest BCUT2D eigenvalue weighted by Gasteiger charge is -2.40. The first-order valence-corrected chi connectivity index (χ1v) is 15.1. The summed E-state index contributed by atoms with van der Waals surface area (Å²) in [6, 6.07) is 27.2. The number of unbranched alkanes of at least 4 members (excludes halogenated alkanes) is 9. The van der Waals surface area contributed by atoms with Gasteiger partial charge in [0.2, 0.25) is 0 Å². The summed E-state index contributed by atoms with van der Waals surface area (Å²) in [6.45, 7) is 3.27. The van der Waals surface area contributed by atoms with Crippen LogP contribution in [0.1, 0.15) is 87.8 Å². The number of nitrogens with zero attached hydrogens (tertiary/aromatic N) is 1. The van der Waals surface area contributed by atoms with Crippen LogP contribution in [0.3, 0.4) is 0 Å². The molecule has 4 heteroatoms. The van der Waals surface area contributed by atoms with Gasteiger partial charge in [-0.05, 0) is 60.2 Å². The minimum Gasteiger partial charge on any atom is -0.872 e. The van der Waals surface area contributed by atoms with Crippen LogP contribution in [-0.2, 0) is 10.9 Å². The quantitative estimate of drug-likeness (QED) is 0.0791. The van der Waals surface area contributed by atoms with E-state index in [1.165, 1.54) is 69.8 Å². The molecular formula is C34H47Cl2NO. The molecule has 3 rings (SSSR count). The van der Waals surface area contributed by atoms with E-state index in [9.17, 15) is 5.11 Å². The maximum absolute atomic E-state index is 11.4. The second kappa shape index (κ2) is 17.6. The second-order valence-electron chi connectivity index (χ2n) is 10.8. The summed E-state index contributed by atoms with van der Waals surface area (Å²) < 4.78 is -0.294. The molecule has 0 N–H and O–H groups in total. The summed E-state index contributed by atoms with van der Waals surface area (Å²) in [5, 5.41) is 11.4. The third kappa shape index (κ3) is 11.4. The fourth-order valence-corrected chi connectivity index (χ4v) is 5.01. The van der Waals surface area contributed by atoms with Gasteiger partial charge in [0.05, 0.1) is 20.6 Å². The lowest BCUT2D eigenvalue weighted by Crippen LogP contribution is -2.51. The first-order valence-electron chi connectivity index (χ1n) is 14.3. The second-order valence-corrected chi connectivity index (χ2v) is 12.1. The van der Waals surface area contributed by atoms with Crippen LogP contribution < -0.4 is 5.11 Å². The van der Waals surface area contributed by atoms with Crippen molar-refractivity contribution < 1.29 is 9.59 Å². The molecule has 0 bridgehead atoms. The molecule has 0 amide bonds. The van der Waals surface area contributed by atoms with Gasteiger partial charge in [0.15, 0.2) is 0 Å². The van der Waals surface area contributed by atoms with E-state index in [4.69, 9.17) is 23.2 Å². The van der Waals surface area contributed by atoms with Gasteiger partial charge in [-0.15, -0.1) is 5.75 Å². The molecule has 0 fully saturated rings. The van der Waals surface area contributed by atoms with Gasteiger partial charge in [0, 0.05) is 5.56 Å². The van der Waals surface area contributed by atoms with E-state index in [1.807, 2.05) is 72.8 Å². The predicted octanol–water partition coefficient (Wildman–Crippen LogP) is 9.62. The Morgan fingerprint density at radius 2 is 1.11 bits per heavy atom. The van der Waals surface area contributed by atoms with Gasteiger partial charge < -0.3 is 5.11 Å². The highest BCUT2D eigenvalue weighted by molar-refractivity contribution is 6.46. The van der Waals surface area contributed by atoms with Gasteiger partial charge >= 0.3 is 0 Å². The molecule has 0 saturated heterocycles. The maximum Gasteiger partial charge on any atom is 0.277 e. The summed E-state index contributed by atoms with van der Waals surface area (Å²) in [5.41, 5.74) is 3.01. The van der Waals surface area contributed by atoms with Gasteiger partial charge in [-0.25, -0.2) is 0 Å². The van der Waals surface area contributed by atoms with Crippen LogP contribution in [0.5, 0.6) is 5.75 Å². The van der Waals surface area contributed by atoms with E-state index < -0.39 is 4.46 Å². The normalized spacial score (nSPS) is 11.6. The summed E-state index contributed by atoms with van der Waals surface area (Å²) in [6.07, 6.45) is 14.2. The van der Waals surface area contributed by atoms with Crippen molar-refractivity contribution in [2.24, 2.45) is 0 Å². The zero-order valence-corrected chi connectivity index (χ0v) is 25.2. The summed E-state index contributed by atoms with van der Waals surface area (Å²) in [5.74, 6) is 0.122. The minimum atomic E-state index is -0.888. The van der Waals surface area contributed by atoms with Gasteiger partial charge in [-0.3, -0.25) is 4.48 Å². The Balaban J connectivity index is 0.000000304. The van der Waals surface area contributed by atoms with Crippen molar-refractivity contribution in [1.82, 2.24) is 0 Å². The number of benzene rings is 3. The largest absolute Gasteiger partial charge is 0.872 e. The van der Waals surface area contributed by atoms with E-state index >= 15 is 0 Å². The SMILES string of the molecule is CCCCCCCCCCCC[N+](C)(C)C(Cl)(Cl)c1ccccc1.[O-]c1ccccc1Cc1ccccc1. The van der Waals surface area contributed by atoms with Crippen molar-refractivity contribution in [2.75, 3.05) is 20.6 Å². The number of rotatable bonds is 15. The molecule has 208 valence electrons. The van der Waals surface area contributed by atoms with Crippen LogP contribution in [0.2, 0.25) is 0 Å². The summed E-state index contributed by atoms with van der Waals surface area (Å²) in [4.78, 5) is 0. The number of para-hydroxylation sites is 1. The number of hydrogen-bond donors (Lipinski definition) is 0. The van der Waals surface area contributed by atoms with Gasteiger partial charge in [0.25, 0.3) is 4.46 Å². The van der Waals surface area contributed by atoms with Crippen LogP contribution in [-0.4, -0.2) is 25.1 Å². The van der Waals surface area contributed by atoms with E-state index in [2.05, 4.69) is 21.0 Å². The average molecular weight is 557 g/mol. The Labute approximate surface area is 242 Å². The third-order valence-electron chi connectivity index (χ3n) is 7.16. The third-order valence-corrected chi connectivity index (χ3v) is 8.51. The van der Waals surface area contributed by atoms with E-state index in [0.717, 1.165) is 24.1 Å². The fourth-order valence-electron chi connectivity index (χ4n) is 4.59. The highest BCUT2D eigenvalue weighted by Gasteiger charge is 2.43. The fraction of sp³-hybridized carbons (Fsp3) is 0.471. The molecule has 0 heterocycles. The summed E-state index contributed by atoms with van der Waals surface area (Å²) >= 11 is 13.4. The zero-order valence-electron chi connectivity index (χ0n) is 23.7. The molecule has 0 aliphatic carbocycles. The molecular weight excluding hydrogens is 509 g/mol. The van der Waals surface area contributed by atoms with Crippen molar-refractivity contribution in [3.05, 3.63) is 102 Å². The topological polar surface area (TPSA) is 23.1 Å². The maximum atomic E-state index is 11.4. The monoisotopic (exact) mass is 555 g/mol. The van der Waals surface area contributed by atoms with Gasteiger partial charge in [0.1, 0.15) is 0 Å². The molecule has 0 spiro atoms. The Morgan fingerprint density at radius 1 is 0.632 bits per heavy atom. The number of hydrogen-bond acceptors (Lipinski definition) is 1. The smallest absolute Gasteiger partial charge is 0.277 e. The summed E-state index contributed by atoms with van der Waals surface area (Å²) in [7, 11) is 4.25. The molecule has 3 aromatic carbocycles. The molecule has 0 saturated carbocycles. The lowest BCUT2D eigenvalue weighted by atomic mass is 10.0. The standard InChI is InChI=1S/C21H36Cl2N.C13H12O/c1-4-5-6-7-8-9-10-11-12-16-19-24(2,3)21(22,23)20-17-14-13-15-18-20;14-13-9-5-4-8-12(13)10-11-6-2-1-3-7-11/h13-15,17-18H,4-12,16,19H2,1-3H3;1-9,14H,10H2/q+1;/p-1. The van der Waals surface area contributed by atoms with E-state index in [-0.39, 0.29) is 5.75 Å². The van der Waals surface area contributed by atoms with E-state index in [0.29, 0.717) is 4.48 Å². The van der Waals surface area contributed by atoms with Crippen molar-refractivity contribution in [2.45, 2.75) is 82.0 Å². The molecule has 0 atom stereocenters. The number of alkyl halides is 2. The first kappa shape index (κ1) is 32.2. The molecule has 0 aliphatic heterocycles. The van der Waals surface area contributed by atoms with Gasteiger partial charge in [-0.2, -0.15) is 0 Å². The van der Waals surface area contributed by atoms with Crippen LogP contribution in [0, 0.1) is 0 Å². The van der Waals surface area contributed by atoms with E-state index in [1.54, 1.807) is 12.1 Å². The zero-order chi connectivity index (χ0) is 27.7. The Kier molecular flexibility index (Phi) is 14.9. The van der Waals surface area contributed by atoms with Crippen LogP contribution >= 0.6 is 23.2 Å². The Hall–Kier alpha value is -2.00. The Bertz CT molecular complexity index is 1010. The van der Waals surface area contributed by atoms with Crippen LogP contribution in [0.25, 0.3) is 0 Å². The minimum absolute atomic E-state index is 0.122. The first-order chi connectivity index (χ1) is 18.3. The van der Waals surface area contributed by atoms with Crippen LogP contribution in [0.15, 0.2) is 84.9 Å². The van der Waals surface area contributed by atoms with Gasteiger partial charge in [-0.1, -0.05) is 137 Å². The average Bonchev–Trinajstić information content (AvgIpc) is 2.92. The Morgan fingerprint density at radius 3 is 1.66 bits per heavy atom.